The molecule has 0 saturated heterocycles. The highest BCUT2D eigenvalue weighted by Crippen LogP contribution is 2.10. The molecule has 0 amide bonds. The standard InChI is InChI=1S/C6H11N3O/c7-3-1-6(10)5-2-4-8-9-5/h2,4,6,10H,1,3,7H2,(H,8,9). The van der Waals surface area contributed by atoms with E-state index < -0.39 is 6.10 Å². The Hall–Kier alpha value is -0.870. The zero-order valence-corrected chi connectivity index (χ0v) is 5.62. The fourth-order valence-corrected chi connectivity index (χ4v) is 0.766. The van der Waals surface area contributed by atoms with Crippen molar-refractivity contribution < 1.29 is 5.11 Å². The van der Waals surface area contributed by atoms with Crippen LogP contribution in [0.2, 0.25) is 0 Å². The molecule has 0 saturated carbocycles. The zero-order valence-electron chi connectivity index (χ0n) is 5.62. The van der Waals surface area contributed by atoms with Crippen LogP contribution in [0, 0.1) is 0 Å². The lowest BCUT2D eigenvalue weighted by atomic mass is 10.2. The maximum Gasteiger partial charge on any atom is 0.0966 e. The fourth-order valence-electron chi connectivity index (χ4n) is 0.766. The molecule has 0 aliphatic heterocycles. The van der Waals surface area contributed by atoms with Crippen LogP contribution in [0.4, 0.5) is 0 Å². The molecule has 1 heterocycles. The molecule has 0 aliphatic carbocycles. The molecular formula is C6H11N3O. The van der Waals surface area contributed by atoms with E-state index in [1.165, 1.54) is 0 Å². The first-order chi connectivity index (χ1) is 4.84. The minimum absolute atomic E-state index is 0.486. The first-order valence-corrected chi connectivity index (χ1v) is 3.22. The summed E-state index contributed by atoms with van der Waals surface area (Å²) >= 11 is 0. The van der Waals surface area contributed by atoms with Gasteiger partial charge in [0.2, 0.25) is 0 Å². The van der Waals surface area contributed by atoms with Crippen molar-refractivity contribution in [1.29, 1.82) is 0 Å². The lowest BCUT2D eigenvalue weighted by Gasteiger charge is -2.04. The summed E-state index contributed by atoms with van der Waals surface area (Å²) in [4.78, 5) is 0. The van der Waals surface area contributed by atoms with Gasteiger partial charge in [0, 0.05) is 6.20 Å². The van der Waals surface area contributed by atoms with Crippen LogP contribution in [0.15, 0.2) is 12.3 Å². The number of nitrogens with one attached hydrogen (secondary N) is 1. The number of hydrogen-bond donors (Lipinski definition) is 3. The Balaban J connectivity index is 2.50. The molecule has 0 bridgehead atoms. The highest BCUT2D eigenvalue weighted by atomic mass is 16.3. The molecule has 10 heavy (non-hydrogen) atoms. The van der Waals surface area contributed by atoms with Crippen LogP contribution in [-0.2, 0) is 0 Å². The molecule has 0 aliphatic rings. The molecule has 4 N–H and O–H groups in total. The van der Waals surface area contributed by atoms with E-state index in [4.69, 9.17) is 5.73 Å². The number of aliphatic hydroxyl groups excluding tert-OH is 1. The molecule has 56 valence electrons. The van der Waals surface area contributed by atoms with Gasteiger partial charge in [-0.3, -0.25) is 5.10 Å². The van der Waals surface area contributed by atoms with Gasteiger partial charge in [-0.15, -0.1) is 0 Å². The van der Waals surface area contributed by atoms with Gasteiger partial charge in [0.15, 0.2) is 0 Å². The summed E-state index contributed by atoms with van der Waals surface area (Å²) in [6, 6.07) is 1.74. The molecule has 0 radical (unpaired) electrons. The second-order valence-electron chi connectivity index (χ2n) is 2.11. The Morgan fingerprint density at radius 1 is 1.80 bits per heavy atom. The van der Waals surface area contributed by atoms with Gasteiger partial charge in [0.1, 0.15) is 0 Å². The van der Waals surface area contributed by atoms with Crippen molar-refractivity contribution in [1.82, 2.24) is 10.2 Å². The lowest BCUT2D eigenvalue weighted by molar-refractivity contribution is 0.165. The van der Waals surface area contributed by atoms with Gasteiger partial charge >= 0.3 is 0 Å². The quantitative estimate of drug-likeness (QED) is 0.545. The van der Waals surface area contributed by atoms with E-state index in [2.05, 4.69) is 10.2 Å². The van der Waals surface area contributed by atoms with Gasteiger partial charge in [0.05, 0.1) is 11.8 Å². The normalized spacial score (nSPS) is 13.4. The lowest BCUT2D eigenvalue weighted by Crippen LogP contribution is -2.06. The number of H-pyrrole nitrogens is 1. The summed E-state index contributed by atoms with van der Waals surface area (Å²) in [5.74, 6) is 0. The van der Waals surface area contributed by atoms with Crippen LogP contribution >= 0.6 is 0 Å². The highest BCUT2D eigenvalue weighted by Gasteiger charge is 2.05. The molecular weight excluding hydrogens is 130 g/mol. The van der Waals surface area contributed by atoms with E-state index >= 15 is 0 Å². The maximum atomic E-state index is 9.26. The number of hydrogen-bond acceptors (Lipinski definition) is 3. The van der Waals surface area contributed by atoms with Crippen molar-refractivity contribution in [3.8, 4) is 0 Å². The number of aliphatic hydroxyl groups is 1. The molecule has 1 aromatic heterocycles. The van der Waals surface area contributed by atoms with Gasteiger partial charge in [-0.25, -0.2) is 0 Å². The average Bonchev–Trinajstić information content (AvgIpc) is 2.38. The summed E-state index contributed by atoms with van der Waals surface area (Å²) in [5, 5.41) is 15.6. The maximum absolute atomic E-state index is 9.26. The SMILES string of the molecule is NCCC(O)c1ccn[nH]1. The van der Waals surface area contributed by atoms with Crippen LogP contribution in [-0.4, -0.2) is 21.8 Å². The number of rotatable bonds is 3. The van der Waals surface area contributed by atoms with Crippen molar-refractivity contribution in [3.05, 3.63) is 18.0 Å². The van der Waals surface area contributed by atoms with E-state index in [-0.39, 0.29) is 0 Å². The fraction of sp³-hybridized carbons (Fsp3) is 0.500. The van der Waals surface area contributed by atoms with Gasteiger partial charge in [-0.05, 0) is 19.0 Å². The molecule has 1 aromatic rings. The third-order valence-corrected chi connectivity index (χ3v) is 1.32. The summed E-state index contributed by atoms with van der Waals surface area (Å²) in [7, 11) is 0. The summed E-state index contributed by atoms with van der Waals surface area (Å²) in [5.41, 5.74) is 5.97. The summed E-state index contributed by atoms with van der Waals surface area (Å²) in [6.45, 7) is 0.486. The van der Waals surface area contributed by atoms with Gasteiger partial charge in [0.25, 0.3) is 0 Å². The molecule has 1 atom stereocenters. The van der Waals surface area contributed by atoms with Crippen LogP contribution in [0.25, 0.3) is 0 Å². The highest BCUT2D eigenvalue weighted by molar-refractivity contribution is 5.01. The summed E-state index contributed by atoms with van der Waals surface area (Å²) in [6.07, 6.45) is 1.68. The third-order valence-electron chi connectivity index (χ3n) is 1.32. The molecule has 4 heteroatoms. The van der Waals surface area contributed by atoms with E-state index in [1.54, 1.807) is 12.3 Å². The van der Waals surface area contributed by atoms with Crippen molar-refractivity contribution >= 4 is 0 Å². The minimum Gasteiger partial charge on any atom is -0.387 e. The van der Waals surface area contributed by atoms with Crippen LogP contribution < -0.4 is 5.73 Å². The Kier molecular flexibility index (Phi) is 2.42. The number of aromatic amines is 1. The number of aromatic nitrogens is 2. The Labute approximate surface area is 59.1 Å². The Bertz CT molecular complexity index is 173. The molecule has 0 spiro atoms. The Morgan fingerprint density at radius 3 is 3.10 bits per heavy atom. The Morgan fingerprint density at radius 2 is 2.60 bits per heavy atom. The third kappa shape index (κ3) is 1.55. The average molecular weight is 141 g/mol. The smallest absolute Gasteiger partial charge is 0.0966 e. The van der Waals surface area contributed by atoms with Gasteiger partial charge in [-0.1, -0.05) is 0 Å². The van der Waals surface area contributed by atoms with E-state index in [1.807, 2.05) is 0 Å². The number of nitrogens with two attached hydrogens (primary N) is 1. The van der Waals surface area contributed by atoms with Crippen LogP contribution in [0.5, 0.6) is 0 Å². The minimum atomic E-state index is -0.493. The first kappa shape index (κ1) is 7.24. The predicted molar refractivity (Wildman–Crippen MR) is 37.2 cm³/mol. The molecule has 4 nitrogen and oxygen atoms in total. The predicted octanol–water partition coefficient (Wildman–Crippen LogP) is -0.208. The second-order valence-corrected chi connectivity index (χ2v) is 2.11. The molecule has 0 aromatic carbocycles. The van der Waals surface area contributed by atoms with Crippen LogP contribution in [0.3, 0.4) is 0 Å². The summed E-state index contributed by atoms with van der Waals surface area (Å²) < 4.78 is 0. The molecule has 1 rings (SSSR count). The van der Waals surface area contributed by atoms with Crippen LogP contribution in [0.1, 0.15) is 18.2 Å². The van der Waals surface area contributed by atoms with Crippen molar-refractivity contribution in [2.24, 2.45) is 5.73 Å². The van der Waals surface area contributed by atoms with Crippen molar-refractivity contribution in [2.45, 2.75) is 12.5 Å². The van der Waals surface area contributed by atoms with E-state index in [0.717, 1.165) is 5.69 Å². The van der Waals surface area contributed by atoms with Gasteiger partial charge < -0.3 is 10.8 Å². The molecule has 0 fully saturated rings. The second kappa shape index (κ2) is 3.34. The van der Waals surface area contributed by atoms with Crippen molar-refractivity contribution in [2.75, 3.05) is 6.54 Å². The largest absolute Gasteiger partial charge is 0.387 e. The first-order valence-electron chi connectivity index (χ1n) is 3.22. The monoisotopic (exact) mass is 141 g/mol. The van der Waals surface area contributed by atoms with Crippen molar-refractivity contribution in [3.63, 3.8) is 0 Å². The van der Waals surface area contributed by atoms with Gasteiger partial charge in [-0.2, -0.15) is 5.10 Å². The topological polar surface area (TPSA) is 74.9 Å². The molecule has 1 unspecified atom stereocenters. The zero-order chi connectivity index (χ0) is 7.40. The number of nitrogens with zero attached hydrogens (tertiary/aromatic N) is 1. The van der Waals surface area contributed by atoms with E-state index in [9.17, 15) is 5.11 Å². The van der Waals surface area contributed by atoms with E-state index in [0.29, 0.717) is 13.0 Å².